The Bertz CT molecular complexity index is 757. The molecule has 0 aliphatic carbocycles. The minimum Gasteiger partial charge on any atom is -0.457 e. The van der Waals surface area contributed by atoms with Crippen molar-refractivity contribution in [1.29, 1.82) is 0 Å². The molecule has 0 saturated carbocycles. The summed E-state index contributed by atoms with van der Waals surface area (Å²) in [5, 5.41) is 0. The molecular weight excluding hydrogens is 354 g/mol. The molecule has 1 atom stereocenters. The normalized spacial score (nSPS) is 13.0. The molecule has 112 valence electrons. The van der Waals surface area contributed by atoms with E-state index in [1.165, 1.54) is 18.4 Å². The standard InChI is InChI=1S/C15H16BrNO3S/c1-10(17)14-7-6-12(9-15(14)16)20-11-4-3-5-13(8-11)21(2,18)19/h3-10H,17H2,1-2H3. The van der Waals surface area contributed by atoms with Gasteiger partial charge in [0.1, 0.15) is 11.5 Å². The number of benzene rings is 2. The van der Waals surface area contributed by atoms with Crippen LogP contribution in [0.15, 0.2) is 51.8 Å². The maximum absolute atomic E-state index is 11.5. The lowest BCUT2D eigenvalue weighted by Gasteiger charge is -2.11. The summed E-state index contributed by atoms with van der Waals surface area (Å²) in [4.78, 5) is 0.228. The molecule has 1 unspecified atom stereocenters. The van der Waals surface area contributed by atoms with Crippen LogP contribution in [0.2, 0.25) is 0 Å². The maximum Gasteiger partial charge on any atom is 0.175 e. The summed E-state index contributed by atoms with van der Waals surface area (Å²) in [7, 11) is -3.25. The SMILES string of the molecule is CC(N)c1ccc(Oc2cccc(S(C)(=O)=O)c2)cc1Br. The van der Waals surface area contributed by atoms with Gasteiger partial charge in [0.15, 0.2) is 9.84 Å². The van der Waals surface area contributed by atoms with Crippen molar-refractivity contribution in [2.24, 2.45) is 5.73 Å². The van der Waals surface area contributed by atoms with Gasteiger partial charge in [-0.2, -0.15) is 0 Å². The van der Waals surface area contributed by atoms with Crippen LogP contribution >= 0.6 is 15.9 Å². The third-order valence-electron chi connectivity index (χ3n) is 2.93. The van der Waals surface area contributed by atoms with Crippen LogP contribution in [0.25, 0.3) is 0 Å². The molecule has 0 amide bonds. The van der Waals surface area contributed by atoms with Gasteiger partial charge in [0.05, 0.1) is 4.90 Å². The highest BCUT2D eigenvalue weighted by Gasteiger charge is 2.10. The summed E-state index contributed by atoms with van der Waals surface area (Å²) >= 11 is 3.45. The lowest BCUT2D eigenvalue weighted by Crippen LogP contribution is -2.05. The topological polar surface area (TPSA) is 69.4 Å². The molecule has 4 nitrogen and oxygen atoms in total. The van der Waals surface area contributed by atoms with Crippen LogP contribution in [0.5, 0.6) is 11.5 Å². The number of hydrogen-bond donors (Lipinski definition) is 1. The first-order valence-electron chi connectivity index (χ1n) is 6.30. The Labute approximate surface area is 133 Å². The van der Waals surface area contributed by atoms with Crippen molar-refractivity contribution < 1.29 is 13.2 Å². The zero-order valence-electron chi connectivity index (χ0n) is 11.7. The van der Waals surface area contributed by atoms with Gasteiger partial charge in [-0.05, 0) is 42.8 Å². The summed E-state index contributed by atoms with van der Waals surface area (Å²) in [6.07, 6.45) is 1.17. The summed E-state index contributed by atoms with van der Waals surface area (Å²) in [5.74, 6) is 1.08. The van der Waals surface area contributed by atoms with Gasteiger partial charge in [-0.3, -0.25) is 0 Å². The molecule has 0 aromatic heterocycles. The summed E-state index contributed by atoms with van der Waals surface area (Å²) in [5.41, 5.74) is 6.83. The molecule has 2 N–H and O–H groups in total. The smallest absolute Gasteiger partial charge is 0.175 e. The second-order valence-electron chi connectivity index (χ2n) is 4.82. The molecule has 0 heterocycles. The number of halogens is 1. The molecule has 2 aromatic carbocycles. The Morgan fingerprint density at radius 1 is 1.14 bits per heavy atom. The molecule has 6 heteroatoms. The Morgan fingerprint density at radius 3 is 2.38 bits per heavy atom. The van der Waals surface area contributed by atoms with Gasteiger partial charge in [0, 0.05) is 16.8 Å². The van der Waals surface area contributed by atoms with E-state index in [9.17, 15) is 8.42 Å². The van der Waals surface area contributed by atoms with Crippen molar-refractivity contribution in [3.8, 4) is 11.5 Å². The molecule has 2 rings (SSSR count). The van der Waals surface area contributed by atoms with E-state index in [0.29, 0.717) is 11.5 Å². The van der Waals surface area contributed by atoms with Crippen LogP contribution in [0.3, 0.4) is 0 Å². The van der Waals surface area contributed by atoms with Gasteiger partial charge in [0.2, 0.25) is 0 Å². The number of hydrogen-bond acceptors (Lipinski definition) is 4. The minimum absolute atomic E-state index is 0.0815. The zero-order chi connectivity index (χ0) is 15.6. The Balaban J connectivity index is 2.29. The number of rotatable bonds is 4. The first-order chi connectivity index (χ1) is 9.77. The Morgan fingerprint density at radius 2 is 1.81 bits per heavy atom. The van der Waals surface area contributed by atoms with Crippen LogP contribution in [-0.4, -0.2) is 14.7 Å². The van der Waals surface area contributed by atoms with E-state index >= 15 is 0 Å². The average Bonchev–Trinajstić information content (AvgIpc) is 2.37. The molecule has 0 bridgehead atoms. The minimum atomic E-state index is -3.25. The van der Waals surface area contributed by atoms with Crippen molar-refractivity contribution in [3.05, 3.63) is 52.5 Å². The van der Waals surface area contributed by atoms with Crippen LogP contribution in [0.1, 0.15) is 18.5 Å². The van der Waals surface area contributed by atoms with E-state index in [1.807, 2.05) is 19.1 Å². The highest BCUT2D eigenvalue weighted by atomic mass is 79.9. The fraction of sp³-hybridized carbons (Fsp3) is 0.200. The van der Waals surface area contributed by atoms with Crippen molar-refractivity contribution in [2.75, 3.05) is 6.26 Å². The number of sulfone groups is 1. The third kappa shape index (κ3) is 4.06. The summed E-state index contributed by atoms with van der Waals surface area (Å²) in [6, 6.07) is 11.8. The molecule has 0 fully saturated rings. The largest absolute Gasteiger partial charge is 0.457 e. The Hall–Kier alpha value is -1.37. The van der Waals surface area contributed by atoms with Crippen molar-refractivity contribution in [2.45, 2.75) is 17.9 Å². The van der Waals surface area contributed by atoms with Crippen molar-refractivity contribution in [3.63, 3.8) is 0 Å². The summed E-state index contributed by atoms with van der Waals surface area (Å²) in [6.45, 7) is 1.90. The molecule has 0 aliphatic rings. The molecular formula is C15H16BrNO3S. The van der Waals surface area contributed by atoms with E-state index < -0.39 is 9.84 Å². The second kappa shape index (κ2) is 6.17. The van der Waals surface area contributed by atoms with E-state index in [2.05, 4.69) is 15.9 Å². The van der Waals surface area contributed by atoms with Crippen LogP contribution in [-0.2, 0) is 9.84 Å². The van der Waals surface area contributed by atoms with Crippen LogP contribution < -0.4 is 10.5 Å². The first kappa shape index (κ1) is 16.0. The van der Waals surface area contributed by atoms with Gasteiger partial charge in [0.25, 0.3) is 0 Å². The van der Waals surface area contributed by atoms with Gasteiger partial charge in [-0.1, -0.05) is 28.1 Å². The Kier molecular flexibility index (Phi) is 4.70. The van der Waals surface area contributed by atoms with E-state index in [1.54, 1.807) is 18.2 Å². The molecule has 21 heavy (non-hydrogen) atoms. The van der Waals surface area contributed by atoms with Gasteiger partial charge >= 0.3 is 0 Å². The lowest BCUT2D eigenvalue weighted by atomic mass is 10.1. The first-order valence-corrected chi connectivity index (χ1v) is 8.99. The number of nitrogens with two attached hydrogens (primary N) is 1. The predicted molar refractivity (Wildman–Crippen MR) is 86.4 cm³/mol. The highest BCUT2D eigenvalue weighted by molar-refractivity contribution is 9.10. The fourth-order valence-corrected chi connectivity index (χ4v) is 3.22. The maximum atomic E-state index is 11.5. The van der Waals surface area contributed by atoms with Gasteiger partial charge in [-0.25, -0.2) is 8.42 Å². The van der Waals surface area contributed by atoms with Gasteiger partial charge < -0.3 is 10.5 Å². The summed E-state index contributed by atoms with van der Waals surface area (Å²) < 4.78 is 29.6. The van der Waals surface area contributed by atoms with E-state index in [4.69, 9.17) is 10.5 Å². The van der Waals surface area contributed by atoms with Crippen LogP contribution in [0, 0.1) is 0 Å². The monoisotopic (exact) mass is 369 g/mol. The molecule has 2 aromatic rings. The average molecular weight is 370 g/mol. The van der Waals surface area contributed by atoms with Crippen LogP contribution in [0.4, 0.5) is 0 Å². The van der Waals surface area contributed by atoms with E-state index in [-0.39, 0.29) is 10.9 Å². The fourth-order valence-electron chi connectivity index (χ4n) is 1.85. The number of ether oxygens (including phenoxy) is 1. The highest BCUT2D eigenvalue weighted by Crippen LogP contribution is 2.30. The second-order valence-corrected chi connectivity index (χ2v) is 7.69. The van der Waals surface area contributed by atoms with Crippen molar-refractivity contribution >= 4 is 25.8 Å². The molecule has 0 radical (unpaired) electrons. The van der Waals surface area contributed by atoms with Gasteiger partial charge in [-0.15, -0.1) is 0 Å². The predicted octanol–water partition coefficient (Wildman–Crippen LogP) is 3.66. The lowest BCUT2D eigenvalue weighted by molar-refractivity contribution is 0.480. The van der Waals surface area contributed by atoms with E-state index in [0.717, 1.165) is 10.0 Å². The molecule has 0 saturated heterocycles. The molecule has 0 aliphatic heterocycles. The third-order valence-corrected chi connectivity index (χ3v) is 4.73. The van der Waals surface area contributed by atoms with Crippen molar-refractivity contribution in [1.82, 2.24) is 0 Å². The zero-order valence-corrected chi connectivity index (χ0v) is 14.1. The quantitative estimate of drug-likeness (QED) is 0.892. The molecule has 0 spiro atoms.